The lowest BCUT2D eigenvalue weighted by Gasteiger charge is -2.24. The molecule has 1 heterocycles. The highest BCUT2D eigenvalue weighted by molar-refractivity contribution is 6.70. The van der Waals surface area contributed by atoms with Gasteiger partial charge in [0.2, 0.25) is 14.2 Å². The van der Waals surface area contributed by atoms with Crippen LogP contribution in [0.5, 0.6) is 5.75 Å². The Bertz CT molecular complexity index is 474. The van der Waals surface area contributed by atoms with Crippen molar-refractivity contribution in [2.24, 2.45) is 0 Å². The number of carbonyl (C=O) groups excluding carboxylic acids is 1. The van der Waals surface area contributed by atoms with E-state index in [1.165, 1.54) is 12.8 Å². The molecule has 0 spiro atoms. The first kappa shape index (κ1) is 16.1. The van der Waals surface area contributed by atoms with E-state index < -0.39 is 8.32 Å². The first-order chi connectivity index (χ1) is 9.96. The first-order valence-corrected chi connectivity index (χ1v) is 11.4. The summed E-state index contributed by atoms with van der Waals surface area (Å²) in [5.41, 5.74) is 1.02. The number of rotatable bonds is 4. The van der Waals surface area contributed by atoms with Crippen LogP contribution >= 0.6 is 0 Å². The summed E-state index contributed by atoms with van der Waals surface area (Å²) in [4.78, 5) is 14.5. The molecule has 1 fully saturated rings. The largest absolute Gasteiger partial charge is 0.544 e. The minimum Gasteiger partial charge on any atom is -0.544 e. The van der Waals surface area contributed by atoms with Crippen LogP contribution in [-0.2, 0) is 11.2 Å². The van der Waals surface area contributed by atoms with Gasteiger partial charge in [0.1, 0.15) is 5.75 Å². The van der Waals surface area contributed by atoms with Crippen molar-refractivity contribution < 1.29 is 9.22 Å². The van der Waals surface area contributed by atoms with Crippen LogP contribution in [0.25, 0.3) is 0 Å². The van der Waals surface area contributed by atoms with Crippen LogP contribution in [0.15, 0.2) is 24.3 Å². The van der Waals surface area contributed by atoms with Gasteiger partial charge in [-0.1, -0.05) is 31.0 Å². The van der Waals surface area contributed by atoms with Gasteiger partial charge in [-0.25, -0.2) is 0 Å². The molecular weight excluding hydrogens is 278 g/mol. The number of amides is 1. The molecule has 1 aromatic carbocycles. The third kappa shape index (κ3) is 5.19. The third-order valence-corrected chi connectivity index (χ3v) is 4.52. The zero-order valence-corrected chi connectivity index (χ0v) is 14.5. The summed E-state index contributed by atoms with van der Waals surface area (Å²) in [6.45, 7) is 8.33. The smallest absolute Gasteiger partial charge is 0.242 e. The van der Waals surface area contributed by atoms with E-state index in [1.807, 2.05) is 29.2 Å². The van der Waals surface area contributed by atoms with Crippen LogP contribution in [0.1, 0.15) is 31.2 Å². The second kappa shape index (κ2) is 7.12. The number of nitrogens with zero attached hydrogens (tertiary/aromatic N) is 1. The van der Waals surface area contributed by atoms with E-state index in [0.717, 1.165) is 37.2 Å². The quantitative estimate of drug-likeness (QED) is 0.791. The fourth-order valence-electron chi connectivity index (χ4n) is 2.67. The summed E-state index contributed by atoms with van der Waals surface area (Å²) in [5.74, 6) is 1.13. The first-order valence-electron chi connectivity index (χ1n) is 8.00. The molecule has 0 saturated carbocycles. The minimum atomic E-state index is -1.65. The molecule has 2 rings (SSSR count). The predicted octanol–water partition coefficient (Wildman–Crippen LogP) is 3.85. The van der Waals surface area contributed by atoms with Gasteiger partial charge in [0.05, 0.1) is 6.42 Å². The molecule has 3 nitrogen and oxygen atoms in total. The van der Waals surface area contributed by atoms with Crippen LogP contribution in [0.4, 0.5) is 0 Å². The van der Waals surface area contributed by atoms with Gasteiger partial charge in [0.15, 0.2) is 0 Å². The van der Waals surface area contributed by atoms with E-state index in [-0.39, 0.29) is 5.91 Å². The molecule has 0 aliphatic carbocycles. The van der Waals surface area contributed by atoms with Crippen LogP contribution in [0, 0.1) is 0 Å². The van der Waals surface area contributed by atoms with Crippen molar-refractivity contribution in [1.82, 2.24) is 4.90 Å². The Balaban J connectivity index is 2.06. The van der Waals surface area contributed by atoms with Gasteiger partial charge in [0, 0.05) is 18.7 Å². The molecule has 1 amide bonds. The lowest BCUT2D eigenvalue weighted by atomic mass is 10.1. The van der Waals surface area contributed by atoms with Crippen molar-refractivity contribution in [3.05, 3.63) is 29.8 Å². The maximum absolute atomic E-state index is 12.5. The van der Waals surface area contributed by atoms with Crippen LogP contribution in [0.3, 0.4) is 0 Å². The monoisotopic (exact) mass is 305 g/mol. The molecule has 1 aromatic rings. The molecular formula is C17H27NO2Si. The third-order valence-electron chi connectivity index (χ3n) is 3.69. The number of likely N-dealkylation sites (tertiary alicyclic amines) is 1. The van der Waals surface area contributed by atoms with Gasteiger partial charge in [0.25, 0.3) is 0 Å². The average Bonchev–Trinajstić information content (AvgIpc) is 2.68. The summed E-state index contributed by atoms with van der Waals surface area (Å²) in [5, 5.41) is 0. The molecule has 0 radical (unpaired) electrons. The normalized spacial score (nSPS) is 16.4. The van der Waals surface area contributed by atoms with Crippen LogP contribution in [0.2, 0.25) is 19.6 Å². The van der Waals surface area contributed by atoms with Gasteiger partial charge >= 0.3 is 0 Å². The van der Waals surface area contributed by atoms with Gasteiger partial charge in [-0.2, -0.15) is 0 Å². The van der Waals surface area contributed by atoms with Crippen molar-refractivity contribution >= 4 is 14.2 Å². The Kier molecular flexibility index (Phi) is 5.45. The summed E-state index contributed by atoms with van der Waals surface area (Å²) >= 11 is 0. The second-order valence-corrected chi connectivity index (χ2v) is 11.2. The number of para-hydroxylation sites is 1. The Morgan fingerprint density at radius 1 is 1.10 bits per heavy atom. The van der Waals surface area contributed by atoms with E-state index in [0.29, 0.717) is 6.42 Å². The molecule has 4 heteroatoms. The molecule has 21 heavy (non-hydrogen) atoms. The van der Waals surface area contributed by atoms with Crippen molar-refractivity contribution in [2.45, 2.75) is 51.7 Å². The number of hydrogen-bond acceptors (Lipinski definition) is 2. The highest BCUT2D eigenvalue weighted by atomic mass is 28.4. The fraction of sp³-hybridized carbons (Fsp3) is 0.588. The predicted molar refractivity (Wildman–Crippen MR) is 89.2 cm³/mol. The summed E-state index contributed by atoms with van der Waals surface area (Å²) in [7, 11) is -1.65. The molecule has 0 atom stereocenters. The Morgan fingerprint density at radius 2 is 1.71 bits per heavy atom. The molecule has 1 aliphatic rings. The standard InChI is InChI=1S/C17H27NO2Si/c1-21(2,3)20-16-11-7-6-10-15(16)14-17(19)18-12-8-4-5-9-13-18/h6-7,10-11H,4-5,8-9,12-14H2,1-3H3. The van der Waals surface area contributed by atoms with Gasteiger partial charge in [-0.3, -0.25) is 4.79 Å². The molecule has 116 valence electrons. The topological polar surface area (TPSA) is 29.5 Å². The lowest BCUT2D eigenvalue weighted by Crippen LogP contribution is -2.34. The summed E-state index contributed by atoms with van der Waals surface area (Å²) in [6.07, 6.45) is 5.23. The molecule has 0 aromatic heterocycles. The van der Waals surface area contributed by atoms with E-state index in [9.17, 15) is 4.79 Å². The van der Waals surface area contributed by atoms with Gasteiger partial charge in [-0.15, -0.1) is 0 Å². The van der Waals surface area contributed by atoms with Crippen molar-refractivity contribution in [3.63, 3.8) is 0 Å². The van der Waals surface area contributed by atoms with Gasteiger partial charge < -0.3 is 9.33 Å². The van der Waals surface area contributed by atoms with Crippen LogP contribution < -0.4 is 4.43 Å². The lowest BCUT2D eigenvalue weighted by molar-refractivity contribution is -0.130. The van der Waals surface area contributed by atoms with Gasteiger partial charge in [-0.05, 0) is 38.5 Å². The number of hydrogen-bond donors (Lipinski definition) is 0. The van der Waals surface area contributed by atoms with E-state index in [2.05, 4.69) is 19.6 Å². The van der Waals surface area contributed by atoms with Crippen molar-refractivity contribution in [2.75, 3.05) is 13.1 Å². The number of benzene rings is 1. The Labute approximate surface area is 129 Å². The zero-order valence-electron chi connectivity index (χ0n) is 13.5. The fourth-order valence-corrected chi connectivity index (χ4v) is 3.53. The molecule has 1 aliphatic heterocycles. The Morgan fingerprint density at radius 3 is 2.33 bits per heavy atom. The van der Waals surface area contributed by atoms with E-state index >= 15 is 0 Å². The summed E-state index contributed by atoms with van der Waals surface area (Å²) in [6, 6.07) is 7.98. The van der Waals surface area contributed by atoms with Crippen LogP contribution in [-0.4, -0.2) is 32.2 Å². The summed E-state index contributed by atoms with van der Waals surface area (Å²) < 4.78 is 6.11. The minimum absolute atomic E-state index is 0.239. The van der Waals surface area contributed by atoms with E-state index in [1.54, 1.807) is 0 Å². The molecule has 0 unspecified atom stereocenters. The van der Waals surface area contributed by atoms with Crippen molar-refractivity contribution in [3.8, 4) is 5.75 Å². The SMILES string of the molecule is C[Si](C)(C)Oc1ccccc1CC(=O)N1CCCCCC1. The van der Waals surface area contributed by atoms with E-state index in [4.69, 9.17) is 4.43 Å². The van der Waals surface area contributed by atoms with Crippen molar-refractivity contribution in [1.29, 1.82) is 0 Å². The molecule has 0 N–H and O–H groups in total. The maximum atomic E-state index is 12.5. The highest BCUT2D eigenvalue weighted by Crippen LogP contribution is 2.23. The second-order valence-electron chi connectivity index (χ2n) is 6.79. The zero-order chi connectivity index (χ0) is 15.3. The highest BCUT2D eigenvalue weighted by Gasteiger charge is 2.21. The number of carbonyl (C=O) groups is 1. The molecule has 1 saturated heterocycles. The Hall–Kier alpha value is -1.29. The average molecular weight is 305 g/mol. The maximum Gasteiger partial charge on any atom is 0.242 e. The molecule has 0 bridgehead atoms.